The van der Waals surface area contributed by atoms with Gasteiger partial charge in [0.2, 0.25) is 0 Å². The summed E-state index contributed by atoms with van der Waals surface area (Å²) in [7, 11) is 5.62. The molecular formula is C16H23N7O2. The fourth-order valence-corrected chi connectivity index (χ4v) is 2.87. The number of amides is 2. The molecule has 2 aromatic heterocycles. The van der Waals surface area contributed by atoms with Crippen LogP contribution < -0.4 is 15.5 Å². The van der Waals surface area contributed by atoms with Gasteiger partial charge in [-0.05, 0) is 19.4 Å². The van der Waals surface area contributed by atoms with E-state index in [0.29, 0.717) is 18.1 Å². The molecule has 2 N–H and O–H groups in total. The lowest BCUT2D eigenvalue weighted by Crippen LogP contribution is -2.40. The van der Waals surface area contributed by atoms with Crippen molar-refractivity contribution in [2.24, 2.45) is 7.05 Å². The number of hydrogen-bond donors (Lipinski definition) is 2. The summed E-state index contributed by atoms with van der Waals surface area (Å²) in [6.07, 6.45) is 4.07. The second kappa shape index (κ2) is 7.06. The third-order valence-electron chi connectivity index (χ3n) is 4.09. The lowest BCUT2D eigenvalue weighted by atomic mass is 10.1. The molecule has 0 radical (unpaired) electrons. The van der Waals surface area contributed by atoms with Crippen LogP contribution in [0, 0.1) is 6.92 Å². The Morgan fingerprint density at radius 1 is 1.40 bits per heavy atom. The topological polar surface area (TPSA) is 97.2 Å². The summed E-state index contributed by atoms with van der Waals surface area (Å²) < 4.78 is 7.67. The molecule has 2 aromatic rings. The predicted octanol–water partition coefficient (Wildman–Crippen LogP) is 1.24. The van der Waals surface area contributed by atoms with Crippen molar-refractivity contribution < 1.29 is 9.53 Å². The molecule has 25 heavy (non-hydrogen) atoms. The van der Waals surface area contributed by atoms with Crippen LogP contribution in [0.3, 0.4) is 0 Å². The van der Waals surface area contributed by atoms with Gasteiger partial charge in [-0.15, -0.1) is 5.10 Å². The van der Waals surface area contributed by atoms with Gasteiger partial charge in [-0.3, -0.25) is 0 Å². The van der Waals surface area contributed by atoms with Gasteiger partial charge < -0.3 is 24.8 Å². The molecule has 0 saturated carbocycles. The van der Waals surface area contributed by atoms with E-state index < -0.39 is 0 Å². The van der Waals surface area contributed by atoms with E-state index in [1.54, 1.807) is 17.2 Å². The molecule has 134 valence electrons. The highest BCUT2D eigenvalue weighted by Crippen LogP contribution is 2.28. The van der Waals surface area contributed by atoms with E-state index in [9.17, 15) is 4.79 Å². The third kappa shape index (κ3) is 3.71. The Kier molecular flexibility index (Phi) is 4.84. The van der Waals surface area contributed by atoms with Crippen LogP contribution in [-0.2, 0) is 11.8 Å². The molecule has 0 aromatic carbocycles. The molecular weight excluding hydrogens is 322 g/mol. The van der Waals surface area contributed by atoms with E-state index in [-0.39, 0.29) is 18.2 Å². The number of urea groups is 1. The van der Waals surface area contributed by atoms with Gasteiger partial charge in [-0.2, -0.15) is 5.10 Å². The summed E-state index contributed by atoms with van der Waals surface area (Å²) >= 11 is 0. The molecule has 2 atom stereocenters. The smallest absolute Gasteiger partial charge is 0.319 e. The van der Waals surface area contributed by atoms with Gasteiger partial charge in [-0.1, -0.05) is 0 Å². The zero-order chi connectivity index (χ0) is 18.0. The molecule has 1 saturated heterocycles. The second-order valence-corrected chi connectivity index (χ2v) is 6.30. The third-order valence-corrected chi connectivity index (χ3v) is 4.09. The summed E-state index contributed by atoms with van der Waals surface area (Å²) in [5, 5.41) is 14.0. The number of aryl methyl sites for hydroxylation is 2. The maximum absolute atomic E-state index is 12.5. The fraction of sp³-hybridized carbons (Fsp3) is 0.500. The van der Waals surface area contributed by atoms with Crippen molar-refractivity contribution in [2.45, 2.75) is 25.5 Å². The van der Waals surface area contributed by atoms with E-state index in [4.69, 9.17) is 4.74 Å². The van der Waals surface area contributed by atoms with E-state index in [0.717, 1.165) is 17.9 Å². The van der Waals surface area contributed by atoms with Crippen molar-refractivity contribution in [3.63, 3.8) is 0 Å². The van der Waals surface area contributed by atoms with Crippen LogP contribution in [0.4, 0.5) is 16.3 Å². The largest absolute Gasteiger partial charge is 0.368 e. The average Bonchev–Trinajstić information content (AvgIpc) is 3.15. The van der Waals surface area contributed by atoms with Crippen molar-refractivity contribution in [1.29, 1.82) is 0 Å². The van der Waals surface area contributed by atoms with Crippen LogP contribution in [0.5, 0.6) is 0 Å². The normalized spacial score (nSPS) is 19.7. The number of carbonyl (C=O) groups is 1. The Morgan fingerprint density at radius 2 is 2.20 bits per heavy atom. The first kappa shape index (κ1) is 17.2. The van der Waals surface area contributed by atoms with Crippen molar-refractivity contribution >= 4 is 17.5 Å². The van der Waals surface area contributed by atoms with Crippen LogP contribution in [-0.4, -0.2) is 52.5 Å². The summed E-state index contributed by atoms with van der Waals surface area (Å²) in [6, 6.07) is 1.36. The van der Waals surface area contributed by atoms with Gasteiger partial charge >= 0.3 is 6.03 Å². The van der Waals surface area contributed by atoms with Crippen molar-refractivity contribution in [3.05, 3.63) is 30.0 Å². The van der Waals surface area contributed by atoms with Crippen molar-refractivity contribution in [3.8, 4) is 0 Å². The molecule has 0 unspecified atom stereocenters. The minimum Gasteiger partial charge on any atom is -0.368 e. The van der Waals surface area contributed by atoms with Crippen molar-refractivity contribution in [1.82, 2.24) is 25.1 Å². The van der Waals surface area contributed by atoms with Crippen LogP contribution in [0.25, 0.3) is 0 Å². The van der Waals surface area contributed by atoms with Crippen LogP contribution >= 0.6 is 0 Å². The van der Waals surface area contributed by atoms with Gasteiger partial charge in [0.15, 0.2) is 5.82 Å². The van der Waals surface area contributed by atoms with Gasteiger partial charge in [0.25, 0.3) is 0 Å². The van der Waals surface area contributed by atoms with Crippen LogP contribution in [0.15, 0.2) is 18.5 Å². The van der Waals surface area contributed by atoms with Gasteiger partial charge in [0, 0.05) is 40.1 Å². The number of anilines is 2. The quantitative estimate of drug-likeness (QED) is 0.865. The minimum atomic E-state index is -0.301. The molecule has 1 aliphatic heterocycles. The summed E-state index contributed by atoms with van der Waals surface area (Å²) in [5.41, 5.74) is 1.35. The number of nitrogens with zero attached hydrogens (tertiary/aromatic N) is 5. The maximum atomic E-state index is 12.5. The Hall–Kier alpha value is -2.68. The van der Waals surface area contributed by atoms with Crippen LogP contribution in [0.2, 0.25) is 0 Å². The van der Waals surface area contributed by atoms with E-state index in [1.165, 1.54) is 0 Å². The van der Waals surface area contributed by atoms with Gasteiger partial charge in [0.1, 0.15) is 11.9 Å². The highest BCUT2D eigenvalue weighted by Gasteiger charge is 2.33. The van der Waals surface area contributed by atoms with Gasteiger partial charge in [-0.25, -0.2) is 9.78 Å². The molecule has 1 fully saturated rings. The zero-order valence-electron chi connectivity index (χ0n) is 14.9. The zero-order valence-corrected chi connectivity index (χ0v) is 14.9. The van der Waals surface area contributed by atoms with Crippen LogP contribution in [0.1, 0.15) is 24.0 Å². The van der Waals surface area contributed by atoms with E-state index in [2.05, 4.69) is 25.8 Å². The van der Waals surface area contributed by atoms with E-state index in [1.807, 2.05) is 38.8 Å². The molecule has 9 heteroatoms. The van der Waals surface area contributed by atoms with E-state index >= 15 is 0 Å². The maximum Gasteiger partial charge on any atom is 0.319 e. The highest BCUT2D eigenvalue weighted by molar-refractivity contribution is 5.92. The molecule has 0 aliphatic carbocycles. The lowest BCUT2D eigenvalue weighted by Gasteiger charge is -2.21. The number of hydrogen-bond acceptors (Lipinski definition) is 6. The Balaban J connectivity index is 1.71. The summed E-state index contributed by atoms with van der Waals surface area (Å²) in [6.45, 7) is 2.42. The Bertz CT molecular complexity index is 759. The number of nitrogens with one attached hydrogen (secondary N) is 2. The molecule has 0 spiro atoms. The number of ether oxygens (including phenoxy) is 1. The predicted molar refractivity (Wildman–Crippen MR) is 93.6 cm³/mol. The summed E-state index contributed by atoms with van der Waals surface area (Å²) in [4.78, 5) is 18.6. The number of aromatic nitrogens is 4. The molecule has 3 heterocycles. The summed E-state index contributed by atoms with van der Waals surface area (Å²) in [5.74, 6) is 1.40. The molecule has 0 bridgehead atoms. The average molecular weight is 345 g/mol. The monoisotopic (exact) mass is 345 g/mol. The second-order valence-electron chi connectivity index (χ2n) is 6.30. The molecule has 9 nitrogen and oxygen atoms in total. The fourth-order valence-electron chi connectivity index (χ4n) is 2.87. The highest BCUT2D eigenvalue weighted by atomic mass is 16.5. The first-order chi connectivity index (χ1) is 12.0. The first-order valence-electron chi connectivity index (χ1n) is 8.13. The van der Waals surface area contributed by atoms with Gasteiger partial charge in [0.05, 0.1) is 17.4 Å². The Morgan fingerprint density at radius 3 is 2.88 bits per heavy atom. The molecule has 1 aliphatic rings. The molecule has 3 rings (SSSR count). The SMILES string of the molecule is Cc1cc(NC(=O)N[C@@H]2CCO[C@H]2c2nccn2C)c(N(C)C)nn1. The standard InChI is InChI=1S/C16H23N7O2/c1-10-9-12(14(21-20-10)22(2)3)19-16(24)18-11-5-8-25-13(11)15-17-6-7-23(15)4/h6-7,9,11,13H,5,8H2,1-4H3,(H2,18,19,20,24)/t11-,13-/m1/s1. The molecule has 2 amide bonds. The minimum absolute atomic E-state index is 0.139. The lowest BCUT2D eigenvalue weighted by molar-refractivity contribution is 0.0913. The number of imidazole rings is 1. The van der Waals surface area contributed by atoms with Crippen molar-refractivity contribution in [2.75, 3.05) is 30.9 Å². The first-order valence-corrected chi connectivity index (χ1v) is 8.13. The number of rotatable bonds is 4. The Labute approximate surface area is 146 Å². The number of carbonyl (C=O) groups excluding carboxylic acids is 1.